The molecule has 0 aliphatic heterocycles. The lowest BCUT2D eigenvalue weighted by atomic mass is 9.97. The summed E-state index contributed by atoms with van der Waals surface area (Å²) in [7, 11) is 0. The van der Waals surface area contributed by atoms with Crippen LogP contribution in [0.15, 0.2) is 170 Å². The van der Waals surface area contributed by atoms with Gasteiger partial charge in [0.1, 0.15) is 0 Å². The predicted octanol–water partition coefficient (Wildman–Crippen LogP) is 11.4. The third-order valence-electron chi connectivity index (χ3n) is 10.9. The van der Waals surface area contributed by atoms with E-state index in [9.17, 15) is 0 Å². The molecule has 1 nitrogen and oxygen atoms in total. The van der Waals surface area contributed by atoms with Gasteiger partial charge in [-0.15, -0.1) is 0 Å². The van der Waals surface area contributed by atoms with Crippen molar-refractivity contribution in [2.45, 2.75) is 25.7 Å². The SMILES string of the molecule is c1ccc2c(CC[N+](CCc3cccc4ccccc34)(CCc3cccc4ccccc34)CCc3cccc4ccccc34)cccc2c1. The maximum atomic E-state index is 2.36. The van der Waals surface area contributed by atoms with E-state index in [-0.39, 0.29) is 0 Å². The lowest BCUT2D eigenvalue weighted by Gasteiger charge is -2.40. The van der Waals surface area contributed by atoms with Crippen molar-refractivity contribution in [1.29, 1.82) is 0 Å². The number of hydrogen-bond acceptors (Lipinski definition) is 0. The van der Waals surface area contributed by atoms with E-state index < -0.39 is 0 Å². The van der Waals surface area contributed by atoms with Crippen LogP contribution in [-0.4, -0.2) is 30.7 Å². The highest BCUT2D eigenvalue weighted by molar-refractivity contribution is 5.88. The van der Waals surface area contributed by atoms with E-state index in [1.165, 1.54) is 65.3 Å². The summed E-state index contributed by atoms with van der Waals surface area (Å²) in [6, 6.07) is 63.1. The minimum absolute atomic E-state index is 1.06. The number of fused-ring (bicyclic) bond motifs is 4. The molecule has 8 aromatic carbocycles. The van der Waals surface area contributed by atoms with E-state index in [0.717, 1.165) is 56.3 Å². The van der Waals surface area contributed by atoms with E-state index in [4.69, 9.17) is 0 Å². The van der Waals surface area contributed by atoms with Crippen LogP contribution in [0.25, 0.3) is 43.1 Å². The van der Waals surface area contributed by atoms with Crippen molar-refractivity contribution in [3.05, 3.63) is 192 Å². The molecule has 0 bridgehead atoms. The zero-order valence-electron chi connectivity index (χ0n) is 28.3. The summed E-state index contributed by atoms with van der Waals surface area (Å²) in [6.45, 7) is 4.42. The van der Waals surface area contributed by atoms with Gasteiger partial charge >= 0.3 is 0 Å². The molecule has 0 aliphatic carbocycles. The maximum absolute atomic E-state index is 2.36. The summed E-state index contributed by atoms with van der Waals surface area (Å²) >= 11 is 0. The molecular weight excluding hydrogens is 591 g/mol. The number of benzene rings is 8. The average molecular weight is 635 g/mol. The lowest BCUT2D eigenvalue weighted by molar-refractivity contribution is -0.927. The predicted molar refractivity (Wildman–Crippen MR) is 210 cm³/mol. The topological polar surface area (TPSA) is 0 Å². The van der Waals surface area contributed by atoms with E-state index in [0.29, 0.717) is 0 Å². The van der Waals surface area contributed by atoms with Crippen molar-refractivity contribution in [3.8, 4) is 0 Å². The van der Waals surface area contributed by atoms with Gasteiger partial charge in [0.05, 0.1) is 26.2 Å². The van der Waals surface area contributed by atoms with Crippen LogP contribution in [0.5, 0.6) is 0 Å². The molecule has 240 valence electrons. The van der Waals surface area contributed by atoms with Crippen LogP contribution in [0.1, 0.15) is 22.3 Å². The lowest BCUT2D eigenvalue weighted by Crippen LogP contribution is -2.53. The largest absolute Gasteiger partial charge is 0.323 e. The van der Waals surface area contributed by atoms with E-state index in [2.05, 4.69) is 170 Å². The second-order valence-electron chi connectivity index (χ2n) is 13.8. The molecule has 8 rings (SSSR count). The first-order chi connectivity index (χ1) is 24.2. The minimum atomic E-state index is 1.06. The third-order valence-corrected chi connectivity index (χ3v) is 10.9. The molecule has 0 fully saturated rings. The van der Waals surface area contributed by atoms with Crippen molar-refractivity contribution in [2.75, 3.05) is 26.2 Å². The molecule has 0 radical (unpaired) electrons. The molecule has 0 atom stereocenters. The molecular formula is C48H44N+. The molecule has 0 saturated carbocycles. The monoisotopic (exact) mass is 634 g/mol. The molecule has 0 aliphatic rings. The zero-order valence-corrected chi connectivity index (χ0v) is 28.3. The second kappa shape index (κ2) is 14.1. The Bertz CT molecular complexity index is 2010. The Hall–Kier alpha value is -5.24. The van der Waals surface area contributed by atoms with Crippen LogP contribution in [0.2, 0.25) is 0 Å². The quantitative estimate of drug-likeness (QED) is 0.117. The third kappa shape index (κ3) is 6.73. The van der Waals surface area contributed by atoms with Gasteiger partial charge in [-0.3, -0.25) is 0 Å². The van der Waals surface area contributed by atoms with Gasteiger partial charge in [0, 0.05) is 25.7 Å². The normalized spacial score (nSPS) is 11.9. The minimum Gasteiger partial charge on any atom is -0.323 e. The summed E-state index contributed by atoms with van der Waals surface area (Å²) in [5.41, 5.74) is 5.84. The fraction of sp³-hybridized carbons (Fsp3) is 0.167. The first kappa shape index (κ1) is 31.1. The van der Waals surface area contributed by atoms with Crippen LogP contribution >= 0.6 is 0 Å². The maximum Gasteiger partial charge on any atom is 0.0828 e. The van der Waals surface area contributed by atoms with Gasteiger partial charge in [-0.05, 0) is 65.3 Å². The summed E-state index contributed by atoms with van der Waals surface area (Å²) in [5, 5.41) is 10.9. The van der Waals surface area contributed by atoms with Crippen LogP contribution in [0, 0.1) is 0 Å². The number of rotatable bonds is 12. The molecule has 0 amide bonds. The van der Waals surface area contributed by atoms with Crippen molar-refractivity contribution in [1.82, 2.24) is 0 Å². The van der Waals surface area contributed by atoms with E-state index >= 15 is 0 Å². The molecule has 49 heavy (non-hydrogen) atoms. The highest BCUT2D eigenvalue weighted by Crippen LogP contribution is 2.27. The van der Waals surface area contributed by atoms with Gasteiger partial charge in [-0.2, -0.15) is 0 Å². The molecule has 0 unspecified atom stereocenters. The Morgan fingerprint density at radius 1 is 0.245 bits per heavy atom. The first-order valence-electron chi connectivity index (χ1n) is 18.0. The molecule has 0 heterocycles. The zero-order chi connectivity index (χ0) is 32.9. The van der Waals surface area contributed by atoms with Crippen molar-refractivity contribution < 1.29 is 4.48 Å². The van der Waals surface area contributed by atoms with Crippen molar-refractivity contribution in [3.63, 3.8) is 0 Å². The van der Waals surface area contributed by atoms with Crippen LogP contribution in [0.4, 0.5) is 0 Å². The summed E-state index contributed by atoms with van der Waals surface area (Å²) in [4.78, 5) is 0. The Morgan fingerprint density at radius 2 is 0.469 bits per heavy atom. The summed E-state index contributed by atoms with van der Waals surface area (Å²) in [6.07, 6.45) is 4.23. The van der Waals surface area contributed by atoms with Crippen LogP contribution in [0.3, 0.4) is 0 Å². The highest BCUT2D eigenvalue weighted by atomic mass is 15.3. The summed E-state index contributed by atoms with van der Waals surface area (Å²) < 4.78 is 1.07. The number of hydrogen-bond donors (Lipinski definition) is 0. The van der Waals surface area contributed by atoms with Gasteiger partial charge in [-0.25, -0.2) is 0 Å². The van der Waals surface area contributed by atoms with Crippen molar-refractivity contribution in [2.24, 2.45) is 0 Å². The second-order valence-corrected chi connectivity index (χ2v) is 13.8. The molecule has 0 aromatic heterocycles. The van der Waals surface area contributed by atoms with Gasteiger partial charge in [0.25, 0.3) is 0 Å². The van der Waals surface area contributed by atoms with Crippen molar-refractivity contribution >= 4 is 43.1 Å². The highest BCUT2D eigenvalue weighted by Gasteiger charge is 2.28. The van der Waals surface area contributed by atoms with Gasteiger partial charge < -0.3 is 4.48 Å². The fourth-order valence-electron chi connectivity index (χ4n) is 8.14. The smallest absolute Gasteiger partial charge is 0.0828 e. The van der Waals surface area contributed by atoms with E-state index in [1.54, 1.807) is 0 Å². The molecule has 8 aromatic rings. The van der Waals surface area contributed by atoms with Crippen LogP contribution < -0.4 is 0 Å². The Balaban J connectivity index is 1.19. The first-order valence-corrected chi connectivity index (χ1v) is 18.0. The van der Waals surface area contributed by atoms with E-state index in [1.807, 2.05) is 0 Å². The number of nitrogens with zero attached hydrogens (tertiary/aromatic N) is 1. The Kier molecular flexibility index (Phi) is 8.93. The molecule has 0 spiro atoms. The van der Waals surface area contributed by atoms with Crippen LogP contribution in [-0.2, 0) is 25.7 Å². The van der Waals surface area contributed by atoms with Gasteiger partial charge in [0.2, 0.25) is 0 Å². The molecule has 0 N–H and O–H groups in total. The summed E-state index contributed by atoms with van der Waals surface area (Å²) in [5.74, 6) is 0. The average Bonchev–Trinajstić information content (AvgIpc) is 3.17. The Morgan fingerprint density at radius 3 is 0.735 bits per heavy atom. The van der Waals surface area contributed by atoms with Gasteiger partial charge in [0.15, 0.2) is 0 Å². The molecule has 0 saturated heterocycles. The standard InChI is InChI=1S/C48H44N/c1-5-25-45-37(13-1)17-9-21-41(45)29-33-49(34-30-42-22-10-18-38-14-2-6-26-46(38)42,35-31-43-23-11-19-39-15-3-7-27-47(39)43)36-32-44-24-12-20-40-16-4-8-28-48(40)44/h1-28H,29-36H2/q+1. The van der Waals surface area contributed by atoms with Gasteiger partial charge in [-0.1, -0.05) is 170 Å². The number of quaternary nitrogens is 1. The Labute approximate surface area is 290 Å². The fourth-order valence-corrected chi connectivity index (χ4v) is 8.14. The molecule has 1 heteroatoms.